The molecule has 0 bridgehead atoms. The largest absolute Gasteiger partial charge is 0.453 e. The first-order valence-corrected chi connectivity index (χ1v) is 11.3. The molecule has 0 saturated carbocycles. The molecule has 0 radical (unpaired) electrons. The van der Waals surface area contributed by atoms with Crippen molar-refractivity contribution in [1.82, 2.24) is 23.9 Å². The normalized spacial score (nSPS) is 12.5. The minimum absolute atomic E-state index is 0.000663. The molecule has 0 saturated heterocycles. The third-order valence-electron chi connectivity index (χ3n) is 5.14. The smallest absolute Gasteiger partial charge is 0.326 e. The average Bonchev–Trinajstić information content (AvgIpc) is 3.13. The third kappa shape index (κ3) is 4.98. The van der Waals surface area contributed by atoms with Crippen LogP contribution in [0.25, 0.3) is 5.78 Å². The molecule has 1 aromatic carbocycles. The maximum absolute atomic E-state index is 12.9. The summed E-state index contributed by atoms with van der Waals surface area (Å²) in [5.74, 6) is -1.84. The van der Waals surface area contributed by atoms with Gasteiger partial charge in [-0.05, 0) is 50.5 Å². The van der Waals surface area contributed by atoms with E-state index in [0.29, 0.717) is 28.2 Å². The second kappa shape index (κ2) is 8.71. The Hall–Kier alpha value is -3.06. The van der Waals surface area contributed by atoms with E-state index >= 15 is 0 Å². The molecule has 0 aliphatic rings. The van der Waals surface area contributed by atoms with Gasteiger partial charge in [0, 0.05) is 37.6 Å². The molecule has 3 aromatic rings. The number of rotatable bonds is 6. The summed E-state index contributed by atoms with van der Waals surface area (Å²) in [6, 6.07) is 4.59. The minimum Gasteiger partial charge on any atom is -0.326 e. The number of alkyl halides is 3. The van der Waals surface area contributed by atoms with Crippen LogP contribution in [0.3, 0.4) is 0 Å². The van der Waals surface area contributed by atoms with Crippen molar-refractivity contribution >= 4 is 27.4 Å². The Bertz CT molecular complexity index is 1330. The molecule has 0 spiro atoms. The number of fused-ring (bicyclic) bond motifs is 1. The van der Waals surface area contributed by atoms with Gasteiger partial charge in [0.15, 0.2) is 0 Å². The molecule has 3 rings (SSSR count). The molecule has 1 amide bonds. The molecule has 0 unspecified atom stereocenters. The second-order valence-corrected chi connectivity index (χ2v) is 9.84. The summed E-state index contributed by atoms with van der Waals surface area (Å²) in [4.78, 5) is 20.1. The van der Waals surface area contributed by atoms with E-state index in [9.17, 15) is 26.4 Å². The monoisotopic (exact) mass is 484 g/mol. The Morgan fingerprint density at radius 1 is 1.15 bits per heavy atom. The number of anilines is 1. The number of halogens is 3. The highest BCUT2D eigenvalue weighted by atomic mass is 32.2. The SMILES string of the molecule is Cc1ccc(NC(=O)CCc2c(C)nc3nc(C(F)(F)F)nn3c2C)cc1S(=O)(=O)N(C)C. The number of carbonyl (C=O) groups excluding carboxylic acids is 1. The van der Waals surface area contributed by atoms with Crippen LogP contribution >= 0.6 is 0 Å². The van der Waals surface area contributed by atoms with Gasteiger partial charge < -0.3 is 5.32 Å². The zero-order valence-corrected chi connectivity index (χ0v) is 19.5. The van der Waals surface area contributed by atoms with E-state index in [0.717, 1.165) is 8.82 Å². The van der Waals surface area contributed by atoms with Crippen LogP contribution in [0.4, 0.5) is 18.9 Å². The molecule has 1 N–H and O–H groups in total. The first kappa shape index (κ1) is 24.6. The summed E-state index contributed by atoms with van der Waals surface area (Å²) < 4.78 is 65.8. The Morgan fingerprint density at radius 3 is 2.42 bits per heavy atom. The number of carbonyl (C=O) groups is 1. The van der Waals surface area contributed by atoms with Crippen LogP contribution in [0.5, 0.6) is 0 Å². The van der Waals surface area contributed by atoms with E-state index in [1.54, 1.807) is 32.9 Å². The molecular weight excluding hydrogens is 461 g/mol. The van der Waals surface area contributed by atoms with Gasteiger partial charge in [0.25, 0.3) is 11.6 Å². The fourth-order valence-electron chi connectivity index (χ4n) is 3.30. The van der Waals surface area contributed by atoms with Crippen molar-refractivity contribution in [2.45, 2.75) is 44.7 Å². The fourth-order valence-corrected chi connectivity index (χ4v) is 4.45. The van der Waals surface area contributed by atoms with Crippen LogP contribution in [0.1, 0.15) is 34.8 Å². The van der Waals surface area contributed by atoms with E-state index in [-0.39, 0.29) is 29.4 Å². The lowest BCUT2D eigenvalue weighted by Crippen LogP contribution is -2.23. The van der Waals surface area contributed by atoms with Crippen LogP contribution in [0, 0.1) is 20.8 Å². The van der Waals surface area contributed by atoms with Crippen molar-refractivity contribution in [1.29, 1.82) is 0 Å². The predicted octanol–water partition coefficient (Wildman–Crippen LogP) is 2.89. The highest BCUT2D eigenvalue weighted by Crippen LogP contribution is 2.27. The number of hydrogen-bond donors (Lipinski definition) is 1. The van der Waals surface area contributed by atoms with Gasteiger partial charge >= 0.3 is 6.18 Å². The lowest BCUT2D eigenvalue weighted by atomic mass is 10.1. The number of amides is 1. The number of nitrogens with zero attached hydrogens (tertiary/aromatic N) is 5. The summed E-state index contributed by atoms with van der Waals surface area (Å²) in [5.41, 5.74) is 2.29. The van der Waals surface area contributed by atoms with Crippen molar-refractivity contribution in [3.05, 3.63) is 46.5 Å². The van der Waals surface area contributed by atoms with Crippen molar-refractivity contribution in [2.24, 2.45) is 0 Å². The first-order chi connectivity index (χ1) is 15.2. The second-order valence-electron chi connectivity index (χ2n) is 7.72. The maximum atomic E-state index is 12.9. The van der Waals surface area contributed by atoms with Gasteiger partial charge in [-0.25, -0.2) is 22.2 Å². The Kier molecular flexibility index (Phi) is 6.48. The standard InChI is InChI=1S/C20H23F3N6O3S/c1-11-6-7-14(10-16(11)33(31,32)28(4)5)25-17(30)9-8-15-12(2)24-19-26-18(20(21,22)23)27-29(19)13(15)3/h6-7,10H,8-9H2,1-5H3,(H,25,30). The molecule has 2 heterocycles. The lowest BCUT2D eigenvalue weighted by molar-refractivity contribution is -0.144. The molecule has 13 heteroatoms. The zero-order valence-electron chi connectivity index (χ0n) is 18.6. The van der Waals surface area contributed by atoms with Gasteiger partial charge in [0.2, 0.25) is 15.9 Å². The van der Waals surface area contributed by atoms with Gasteiger partial charge in [-0.15, -0.1) is 5.10 Å². The molecule has 2 aromatic heterocycles. The number of aromatic nitrogens is 4. The van der Waals surface area contributed by atoms with E-state index < -0.39 is 22.0 Å². The molecule has 0 fully saturated rings. The molecule has 0 atom stereocenters. The highest BCUT2D eigenvalue weighted by molar-refractivity contribution is 7.89. The topological polar surface area (TPSA) is 110 Å². The molecule has 178 valence electrons. The number of hydrogen-bond acceptors (Lipinski definition) is 6. The van der Waals surface area contributed by atoms with Crippen LogP contribution in [-0.2, 0) is 27.4 Å². The van der Waals surface area contributed by atoms with Crippen molar-refractivity contribution in [3.8, 4) is 0 Å². The van der Waals surface area contributed by atoms with Gasteiger partial charge in [-0.1, -0.05) is 6.07 Å². The van der Waals surface area contributed by atoms with Crippen LogP contribution in [0.15, 0.2) is 23.1 Å². The molecule has 0 aliphatic carbocycles. The Labute approximate surface area is 188 Å². The molecule has 33 heavy (non-hydrogen) atoms. The summed E-state index contributed by atoms with van der Waals surface area (Å²) in [5, 5.41) is 6.16. The van der Waals surface area contributed by atoms with E-state index in [2.05, 4.69) is 20.4 Å². The quantitative estimate of drug-likeness (QED) is 0.576. The van der Waals surface area contributed by atoms with E-state index in [1.807, 2.05) is 0 Å². The minimum atomic E-state index is -4.69. The van der Waals surface area contributed by atoms with Gasteiger partial charge in [-0.3, -0.25) is 4.79 Å². The molecule has 0 aliphatic heterocycles. The first-order valence-electron chi connectivity index (χ1n) is 9.85. The van der Waals surface area contributed by atoms with E-state index in [1.165, 1.54) is 20.2 Å². The summed E-state index contributed by atoms with van der Waals surface area (Å²) in [6.07, 6.45) is -4.50. The maximum Gasteiger partial charge on any atom is 0.453 e. The molecule has 9 nitrogen and oxygen atoms in total. The van der Waals surface area contributed by atoms with Crippen molar-refractivity contribution in [2.75, 3.05) is 19.4 Å². The summed E-state index contributed by atoms with van der Waals surface area (Å²) >= 11 is 0. The van der Waals surface area contributed by atoms with Gasteiger partial charge in [-0.2, -0.15) is 18.2 Å². The molecular formula is C20H23F3N6O3S. The lowest BCUT2D eigenvalue weighted by Gasteiger charge is -2.15. The van der Waals surface area contributed by atoms with E-state index in [4.69, 9.17) is 0 Å². The third-order valence-corrected chi connectivity index (χ3v) is 7.09. The van der Waals surface area contributed by atoms with Crippen LogP contribution in [-0.4, -0.2) is 52.3 Å². The summed E-state index contributed by atoms with van der Waals surface area (Å²) in [7, 11) is -0.846. The fraction of sp³-hybridized carbons (Fsp3) is 0.400. The van der Waals surface area contributed by atoms with Crippen LogP contribution in [0.2, 0.25) is 0 Å². The number of sulfonamides is 1. The van der Waals surface area contributed by atoms with Gasteiger partial charge in [0.1, 0.15) is 0 Å². The zero-order chi connectivity index (χ0) is 24.7. The van der Waals surface area contributed by atoms with Crippen LogP contribution < -0.4 is 5.32 Å². The summed E-state index contributed by atoms with van der Waals surface area (Å²) in [6.45, 7) is 4.87. The van der Waals surface area contributed by atoms with Crippen molar-refractivity contribution < 1.29 is 26.4 Å². The number of aryl methyl sites for hydroxylation is 3. The number of nitrogens with one attached hydrogen (secondary N) is 1. The highest BCUT2D eigenvalue weighted by Gasteiger charge is 2.37. The Morgan fingerprint density at radius 2 is 1.82 bits per heavy atom. The Balaban J connectivity index is 1.79. The average molecular weight is 485 g/mol. The predicted molar refractivity (Wildman–Crippen MR) is 114 cm³/mol. The van der Waals surface area contributed by atoms with Gasteiger partial charge in [0.05, 0.1) is 4.90 Å². The van der Waals surface area contributed by atoms with Crippen molar-refractivity contribution in [3.63, 3.8) is 0 Å². The number of benzene rings is 1.